The zero-order valence-electron chi connectivity index (χ0n) is 7.68. The third-order valence-electron chi connectivity index (χ3n) is 1.61. The second-order valence-corrected chi connectivity index (χ2v) is 2.93. The fourth-order valence-electron chi connectivity index (χ4n) is 0.983. The van der Waals surface area contributed by atoms with Crippen molar-refractivity contribution < 1.29 is 17.9 Å². The number of aromatic nitrogens is 1. The van der Waals surface area contributed by atoms with Gasteiger partial charge >= 0.3 is 6.36 Å². The van der Waals surface area contributed by atoms with Crippen LogP contribution >= 0.6 is 11.6 Å². The molecular weight excluding hydrogens is 247 g/mol. The van der Waals surface area contributed by atoms with Crippen LogP contribution in [0.15, 0.2) is 6.20 Å². The first-order chi connectivity index (χ1) is 7.39. The summed E-state index contributed by atoms with van der Waals surface area (Å²) < 4.78 is 39.9. The van der Waals surface area contributed by atoms with E-state index in [0.29, 0.717) is 0 Å². The van der Waals surface area contributed by atoms with Gasteiger partial charge in [-0.25, -0.2) is 4.98 Å². The summed E-state index contributed by atoms with van der Waals surface area (Å²) in [6.07, 6.45) is -3.88. The van der Waals surface area contributed by atoms with Gasteiger partial charge in [-0.1, -0.05) is 0 Å². The number of hydrogen-bond donors (Lipinski definition) is 1. The van der Waals surface area contributed by atoms with Crippen molar-refractivity contribution in [3.8, 4) is 11.8 Å². The van der Waals surface area contributed by atoms with Gasteiger partial charge < -0.3 is 10.5 Å². The molecule has 0 aliphatic carbocycles. The monoisotopic (exact) mass is 251 g/mol. The van der Waals surface area contributed by atoms with Crippen molar-refractivity contribution >= 4 is 17.4 Å². The maximum atomic E-state index is 12.1. The van der Waals surface area contributed by atoms with Gasteiger partial charge in [-0.2, -0.15) is 5.26 Å². The van der Waals surface area contributed by atoms with Crippen LogP contribution in [0, 0.1) is 11.3 Å². The Hall–Kier alpha value is -1.68. The van der Waals surface area contributed by atoms with Gasteiger partial charge in [0.2, 0.25) is 0 Å². The van der Waals surface area contributed by atoms with E-state index in [-0.39, 0.29) is 17.3 Å². The van der Waals surface area contributed by atoms with Crippen LogP contribution in [0.4, 0.5) is 19.0 Å². The van der Waals surface area contributed by atoms with Crippen LogP contribution in [-0.4, -0.2) is 11.3 Å². The lowest BCUT2D eigenvalue weighted by Crippen LogP contribution is -2.19. The minimum absolute atomic E-state index is 0.0512. The molecule has 86 valence electrons. The van der Waals surface area contributed by atoms with Gasteiger partial charge in [-0.05, 0) is 0 Å². The third-order valence-corrected chi connectivity index (χ3v) is 1.90. The predicted octanol–water partition coefficient (Wildman–Crippen LogP) is 2.17. The Balaban J connectivity index is 3.33. The first-order valence-electron chi connectivity index (χ1n) is 3.88. The standard InChI is InChI=1S/C8H5ClF3N3O/c9-1-4-3-15-7(14)5(2-13)6(4)16-8(10,11)12/h3H,1H2,(H2,14,15). The average molecular weight is 252 g/mol. The first kappa shape index (κ1) is 12.4. The van der Waals surface area contributed by atoms with Gasteiger partial charge in [0.1, 0.15) is 17.5 Å². The molecular formula is C8H5ClF3N3O. The van der Waals surface area contributed by atoms with Crippen molar-refractivity contribution in [2.24, 2.45) is 0 Å². The van der Waals surface area contributed by atoms with Crippen molar-refractivity contribution in [2.75, 3.05) is 5.73 Å². The highest BCUT2D eigenvalue weighted by Gasteiger charge is 2.34. The highest BCUT2D eigenvalue weighted by molar-refractivity contribution is 6.17. The molecule has 0 saturated heterocycles. The lowest BCUT2D eigenvalue weighted by molar-refractivity contribution is -0.274. The molecule has 0 atom stereocenters. The van der Waals surface area contributed by atoms with E-state index in [2.05, 4.69) is 9.72 Å². The Morgan fingerprint density at radius 1 is 1.56 bits per heavy atom. The number of halogens is 4. The summed E-state index contributed by atoms with van der Waals surface area (Å²) in [7, 11) is 0. The predicted molar refractivity (Wildman–Crippen MR) is 49.6 cm³/mol. The minimum atomic E-state index is -4.92. The lowest BCUT2D eigenvalue weighted by Gasteiger charge is -2.13. The van der Waals surface area contributed by atoms with Crippen LogP contribution < -0.4 is 10.5 Å². The van der Waals surface area contributed by atoms with Crippen LogP contribution in [0.1, 0.15) is 11.1 Å². The summed E-state index contributed by atoms with van der Waals surface area (Å²) in [6.45, 7) is 0. The number of ether oxygens (including phenoxy) is 1. The van der Waals surface area contributed by atoms with Gasteiger partial charge in [0.05, 0.1) is 5.88 Å². The normalized spacial score (nSPS) is 10.9. The maximum absolute atomic E-state index is 12.1. The number of alkyl halides is 4. The molecule has 0 aliphatic heterocycles. The van der Waals surface area contributed by atoms with Crippen LogP contribution in [0.3, 0.4) is 0 Å². The molecule has 0 aliphatic rings. The summed E-state index contributed by atoms with van der Waals surface area (Å²) in [5.41, 5.74) is 4.72. The SMILES string of the molecule is N#Cc1c(N)ncc(CCl)c1OC(F)(F)F. The Kier molecular flexibility index (Phi) is 3.44. The minimum Gasteiger partial charge on any atom is -0.404 e. The molecule has 0 unspecified atom stereocenters. The van der Waals surface area contributed by atoms with E-state index in [1.807, 2.05) is 0 Å². The molecule has 0 amide bonds. The molecule has 1 aromatic heterocycles. The van der Waals surface area contributed by atoms with Crippen molar-refractivity contribution in [3.05, 3.63) is 17.3 Å². The van der Waals surface area contributed by atoms with Gasteiger partial charge in [0.25, 0.3) is 0 Å². The van der Waals surface area contributed by atoms with Crippen LogP contribution in [-0.2, 0) is 5.88 Å². The number of nitrogens with two attached hydrogens (primary N) is 1. The Morgan fingerprint density at radius 2 is 2.19 bits per heavy atom. The van der Waals surface area contributed by atoms with E-state index >= 15 is 0 Å². The molecule has 2 N–H and O–H groups in total. The zero-order valence-corrected chi connectivity index (χ0v) is 8.43. The van der Waals surface area contributed by atoms with Gasteiger partial charge in [-0.15, -0.1) is 24.8 Å². The quantitative estimate of drug-likeness (QED) is 0.818. The molecule has 0 fully saturated rings. The van der Waals surface area contributed by atoms with Crippen molar-refractivity contribution in [3.63, 3.8) is 0 Å². The van der Waals surface area contributed by atoms with Crippen LogP contribution in [0.5, 0.6) is 5.75 Å². The van der Waals surface area contributed by atoms with E-state index in [1.54, 1.807) is 0 Å². The Morgan fingerprint density at radius 3 is 2.62 bits per heavy atom. The zero-order chi connectivity index (χ0) is 12.3. The second kappa shape index (κ2) is 4.45. The number of nitrogen functional groups attached to an aromatic ring is 1. The second-order valence-electron chi connectivity index (χ2n) is 2.67. The van der Waals surface area contributed by atoms with E-state index in [0.717, 1.165) is 6.20 Å². The number of pyridine rings is 1. The highest BCUT2D eigenvalue weighted by atomic mass is 35.5. The van der Waals surface area contributed by atoms with Gasteiger partial charge in [0, 0.05) is 11.8 Å². The first-order valence-corrected chi connectivity index (χ1v) is 4.41. The molecule has 8 heteroatoms. The van der Waals surface area contributed by atoms with E-state index in [9.17, 15) is 13.2 Å². The summed E-state index contributed by atoms with van der Waals surface area (Å²) >= 11 is 5.40. The number of hydrogen-bond acceptors (Lipinski definition) is 4. The Bertz CT molecular complexity index is 441. The molecule has 0 aromatic carbocycles. The van der Waals surface area contributed by atoms with Gasteiger partial charge in [-0.3, -0.25) is 0 Å². The summed E-state index contributed by atoms with van der Waals surface area (Å²) in [5, 5.41) is 8.66. The Labute approximate surface area is 93.4 Å². The molecule has 16 heavy (non-hydrogen) atoms. The molecule has 0 spiro atoms. The maximum Gasteiger partial charge on any atom is 0.573 e. The number of nitriles is 1. The van der Waals surface area contributed by atoms with Crippen molar-refractivity contribution in [2.45, 2.75) is 12.2 Å². The molecule has 0 bridgehead atoms. The highest BCUT2D eigenvalue weighted by Crippen LogP contribution is 2.32. The summed E-state index contributed by atoms with van der Waals surface area (Å²) in [4.78, 5) is 3.53. The van der Waals surface area contributed by atoms with E-state index < -0.39 is 17.7 Å². The molecule has 0 radical (unpaired) electrons. The van der Waals surface area contributed by atoms with E-state index in [1.165, 1.54) is 6.07 Å². The summed E-state index contributed by atoms with van der Waals surface area (Å²) in [5.74, 6) is -1.30. The third kappa shape index (κ3) is 2.67. The molecule has 1 heterocycles. The number of rotatable bonds is 2. The molecule has 4 nitrogen and oxygen atoms in total. The van der Waals surface area contributed by atoms with Crippen molar-refractivity contribution in [1.29, 1.82) is 5.26 Å². The van der Waals surface area contributed by atoms with E-state index in [4.69, 9.17) is 22.6 Å². The topological polar surface area (TPSA) is 71.9 Å². The average Bonchev–Trinajstić information content (AvgIpc) is 2.16. The van der Waals surface area contributed by atoms with Crippen LogP contribution in [0.25, 0.3) is 0 Å². The van der Waals surface area contributed by atoms with Gasteiger partial charge in [0.15, 0.2) is 5.75 Å². The molecule has 0 saturated carbocycles. The number of nitrogens with zero attached hydrogens (tertiary/aromatic N) is 2. The summed E-state index contributed by atoms with van der Waals surface area (Å²) in [6, 6.07) is 1.49. The molecule has 1 aromatic rings. The fourth-order valence-corrected chi connectivity index (χ4v) is 1.17. The smallest absolute Gasteiger partial charge is 0.404 e. The molecule has 1 rings (SSSR count). The van der Waals surface area contributed by atoms with Crippen molar-refractivity contribution in [1.82, 2.24) is 4.98 Å². The number of anilines is 1. The lowest BCUT2D eigenvalue weighted by atomic mass is 10.2. The fraction of sp³-hybridized carbons (Fsp3) is 0.250. The van der Waals surface area contributed by atoms with Crippen LogP contribution in [0.2, 0.25) is 0 Å². The largest absolute Gasteiger partial charge is 0.573 e.